The second-order valence-corrected chi connectivity index (χ2v) is 7.59. The third-order valence-corrected chi connectivity index (χ3v) is 4.55. The maximum atomic E-state index is 9.43. The van der Waals surface area contributed by atoms with Gasteiger partial charge in [-0.2, -0.15) is 4.98 Å². The molecule has 7 heteroatoms. The molecule has 4 rings (SSSR count). The molecular weight excluding hydrogens is 376 g/mol. The lowest BCUT2D eigenvalue weighted by molar-refractivity contribution is 0.206. The van der Waals surface area contributed by atoms with Crippen molar-refractivity contribution in [3.8, 4) is 17.8 Å². The average molecular weight is 398 g/mol. The van der Waals surface area contributed by atoms with Gasteiger partial charge in [-0.05, 0) is 51.1 Å². The Morgan fingerprint density at radius 2 is 1.87 bits per heavy atom. The number of hydrogen-bond donors (Lipinski definition) is 2. The molecule has 0 radical (unpaired) electrons. The summed E-state index contributed by atoms with van der Waals surface area (Å²) in [7, 11) is 0. The first-order chi connectivity index (χ1) is 14.4. The summed E-state index contributed by atoms with van der Waals surface area (Å²) in [5, 5.41) is 12.6. The number of aromatic nitrogens is 5. The fourth-order valence-electron chi connectivity index (χ4n) is 2.91. The Labute approximate surface area is 174 Å². The van der Waals surface area contributed by atoms with Gasteiger partial charge >= 0.3 is 0 Å². The van der Waals surface area contributed by atoms with E-state index in [2.05, 4.69) is 37.1 Å². The maximum absolute atomic E-state index is 9.43. The van der Waals surface area contributed by atoms with Gasteiger partial charge in [0, 0.05) is 16.7 Å². The summed E-state index contributed by atoms with van der Waals surface area (Å²) in [6.07, 6.45) is 1.48. The summed E-state index contributed by atoms with van der Waals surface area (Å²) >= 11 is 0. The molecule has 7 nitrogen and oxygen atoms in total. The molecule has 0 amide bonds. The van der Waals surface area contributed by atoms with Crippen LogP contribution < -0.4 is 5.32 Å². The lowest BCUT2D eigenvalue weighted by atomic mass is 9.95. The summed E-state index contributed by atoms with van der Waals surface area (Å²) in [5.41, 5.74) is 2.96. The van der Waals surface area contributed by atoms with Crippen LogP contribution in [0.3, 0.4) is 0 Å². The minimum absolute atomic E-state index is 0.00132. The van der Waals surface area contributed by atoms with Gasteiger partial charge in [0.15, 0.2) is 0 Å². The van der Waals surface area contributed by atoms with E-state index in [0.29, 0.717) is 11.9 Å². The highest BCUT2D eigenvalue weighted by molar-refractivity contribution is 5.79. The molecule has 2 heterocycles. The molecule has 4 aromatic rings. The number of aliphatic hydroxyl groups excluding tert-OH is 1. The number of benzene rings is 2. The zero-order chi connectivity index (χ0) is 21.1. The molecule has 0 fully saturated rings. The van der Waals surface area contributed by atoms with Gasteiger partial charge in [-0.15, -0.1) is 0 Å². The summed E-state index contributed by atoms with van der Waals surface area (Å²) < 4.78 is 1.88. The Balaban J connectivity index is 1.74. The van der Waals surface area contributed by atoms with E-state index < -0.39 is 5.41 Å². The number of nitrogens with one attached hydrogen (secondary N) is 1. The molecule has 2 N–H and O–H groups in total. The molecule has 0 aliphatic rings. The SMILES string of the molecule is Cc1nc2ccc(C#CC(C)(C)CO)cc2n1-c1ncnc(Nc2ccccc2)n1. The van der Waals surface area contributed by atoms with Crippen molar-refractivity contribution in [2.45, 2.75) is 20.8 Å². The van der Waals surface area contributed by atoms with E-state index in [4.69, 9.17) is 0 Å². The van der Waals surface area contributed by atoms with Crippen LogP contribution in [0.4, 0.5) is 11.6 Å². The third kappa shape index (κ3) is 4.14. The zero-order valence-corrected chi connectivity index (χ0v) is 17.1. The van der Waals surface area contributed by atoms with Gasteiger partial charge in [-0.1, -0.05) is 30.0 Å². The second-order valence-electron chi connectivity index (χ2n) is 7.59. The second kappa shape index (κ2) is 7.93. The molecule has 30 heavy (non-hydrogen) atoms. The predicted octanol–water partition coefficient (Wildman–Crippen LogP) is 3.63. The van der Waals surface area contributed by atoms with E-state index >= 15 is 0 Å². The van der Waals surface area contributed by atoms with Crippen molar-refractivity contribution in [2.75, 3.05) is 11.9 Å². The van der Waals surface area contributed by atoms with E-state index in [9.17, 15) is 5.11 Å². The van der Waals surface area contributed by atoms with E-state index in [1.807, 2.05) is 73.9 Å². The van der Waals surface area contributed by atoms with E-state index in [1.54, 1.807) is 0 Å². The summed E-state index contributed by atoms with van der Waals surface area (Å²) in [5.74, 6) is 7.95. The van der Waals surface area contributed by atoms with Crippen LogP contribution in [0.1, 0.15) is 25.2 Å². The van der Waals surface area contributed by atoms with Crippen molar-refractivity contribution in [3.05, 3.63) is 66.2 Å². The molecule has 0 unspecified atom stereocenters. The Hall–Kier alpha value is -3.76. The maximum Gasteiger partial charge on any atom is 0.240 e. The lowest BCUT2D eigenvalue weighted by Gasteiger charge is -2.12. The molecule has 150 valence electrons. The molecule has 0 saturated heterocycles. The van der Waals surface area contributed by atoms with Gasteiger partial charge in [0.25, 0.3) is 0 Å². The Kier molecular flexibility index (Phi) is 5.17. The molecule has 0 atom stereocenters. The molecule has 0 aliphatic heterocycles. The number of para-hydroxylation sites is 1. The number of aliphatic hydroxyl groups is 1. The molecule has 0 spiro atoms. The van der Waals surface area contributed by atoms with Crippen LogP contribution in [0.15, 0.2) is 54.9 Å². The van der Waals surface area contributed by atoms with Crippen LogP contribution in [0.2, 0.25) is 0 Å². The summed E-state index contributed by atoms with van der Waals surface area (Å²) in [6, 6.07) is 15.5. The first-order valence-corrected chi connectivity index (χ1v) is 9.60. The van der Waals surface area contributed by atoms with Crippen LogP contribution in [-0.4, -0.2) is 36.2 Å². The molecular formula is C23H22N6O. The van der Waals surface area contributed by atoms with E-state index in [1.165, 1.54) is 6.33 Å². The van der Waals surface area contributed by atoms with Gasteiger partial charge in [-0.25, -0.2) is 15.0 Å². The predicted molar refractivity (Wildman–Crippen MR) is 117 cm³/mol. The Bertz CT molecular complexity index is 1250. The number of nitrogens with zero attached hydrogens (tertiary/aromatic N) is 5. The Morgan fingerprint density at radius 3 is 2.63 bits per heavy atom. The fraction of sp³-hybridized carbons (Fsp3) is 0.217. The summed E-state index contributed by atoms with van der Waals surface area (Å²) in [4.78, 5) is 17.8. The van der Waals surface area contributed by atoms with Crippen LogP contribution in [0.5, 0.6) is 0 Å². The lowest BCUT2D eigenvalue weighted by Crippen LogP contribution is -2.13. The van der Waals surface area contributed by atoms with Crippen LogP contribution in [0.25, 0.3) is 17.0 Å². The van der Waals surface area contributed by atoms with Crippen LogP contribution in [-0.2, 0) is 0 Å². The van der Waals surface area contributed by atoms with Crippen molar-refractivity contribution in [1.82, 2.24) is 24.5 Å². The van der Waals surface area contributed by atoms with Crippen molar-refractivity contribution in [1.29, 1.82) is 0 Å². The number of rotatable bonds is 4. The number of aryl methyl sites for hydroxylation is 1. The van der Waals surface area contributed by atoms with Crippen molar-refractivity contribution < 1.29 is 5.11 Å². The number of fused-ring (bicyclic) bond motifs is 1. The Morgan fingerprint density at radius 1 is 1.07 bits per heavy atom. The third-order valence-electron chi connectivity index (χ3n) is 4.55. The quantitative estimate of drug-likeness (QED) is 0.510. The normalized spacial score (nSPS) is 11.2. The smallest absolute Gasteiger partial charge is 0.240 e. The van der Waals surface area contributed by atoms with Crippen molar-refractivity contribution in [3.63, 3.8) is 0 Å². The topological polar surface area (TPSA) is 88.8 Å². The standard InChI is InChI=1S/C23H22N6O/c1-16-26-19-10-9-17(11-12-23(2,3)14-30)13-20(19)29(16)22-25-15-24-21(28-22)27-18-7-5-4-6-8-18/h4-10,13,15,30H,14H2,1-3H3,(H,24,25,27,28). The van der Waals surface area contributed by atoms with Crippen LogP contribution in [0, 0.1) is 24.2 Å². The molecule has 0 saturated carbocycles. The minimum atomic E-state index is -0.461. The molecule has 0 bridgehead atoms. The fourth-order valence-corrected chi connectivity index (χ4v) is 2.91. The van der Waals surface area contributed by atoms with Gasteiger partial charge in [0.05, 0.1) is 17.6 Å². The zero-order valence-electron chi connectivity index (χ0n) is 17.1. The molecule has 0 aliphatic carbocycles. The molecule has 2 aromatic carbocycles. The highest BCUT2D eigenvalue weighted by Crippen LogP contribution is 2.22. The highest BCUT2D eigenvalue weighted by Gasteiger charge is 2.14. The first-order valence-electron chi connectivity index (χ1n) is 9.60. The molecule has 2 aromatic heterocycles. The first kappa shape index (κ1) is 19.6. The van der Waals surface area contributed by atoms with Crippen LogP contribution >= 0.6 is 0 Å². The number of anilines is 2. The minimum Gasteiger partial charge on any atom is -0.395 e. The largest absolute Gasteiger partial charge is 0.395 e. The van der Waals surface area contributed by atoms with E-state index in [-0.39, 0.29) is 6.61 Å². The van der Waals surface area contributed by atoms with Gasteiger partial charge in [0.2, 0.25) is 11.9 Å². The van der Waals surface area contributed by atoms with E-state index in [0.717, 1.165) is 28.1 Å². The summed E-state index contributed by atoms with van der Waals surface area (Å²) in [6.45, 7) is 5.72. The number of hydrogen-bond acceptors (Lipinski definition) is 6. The van der Waals surface area contributed by atoms with Gasteiger partial charge in [0.1, 0.15) is 12.2 Å². The monoisotopic (exact) mass is 398 g/mol. The number of imidazole rings is 1. The van der Waals surface area contributed by atoms with Crippen molar-refractivity contribution >= 4 is 22.7 Å². The highest BCUT2D eigenvalue weighted by atomic mass is 16.3. The average Bonchev–Trinajstić information content (AvgIpc) is 3.08. The van der Waals surface area contributed by atoms with Gasteiger partial charge in [-0.3, -0.25) is 4.57 Å². The van der Waals surface area contributed by atoms with Gasteiger partial charge < -0.3 is 10.4 Å². The van der Waals surface area contributed by atoms with Crippen molar-refractivity contribution in [2.24, 2.45) is 5.41 Å².